The van der Waals surface area contributed by atoms with Crippen molar-refractivity contribution in [2.45, 2.75) is 20.0 Å². The maximum Gasteiger partial charge on any atom is 0.129 e. The molecule has 0 amide bonds. The molecule has 0 bridgehead atoms. The summed E-state index contributed by atoms with van der Waals surface area (Å²) in [4.78, 5) is 6.07. The van der Waals surface area contributed by atoms with Crippen molar-refractivity contribution in [3.8, 4) is 0 Å². The van der Waals surface area contributed by atoms with Crippen molar-refractivity contribution >= 4 is 6.72 Å². The van der Waals surface area contributed by atoms with Crippen LogP contribution in [0, 0.1) is 0 Å². The highest BCUT2D eigenvalue weighted by Gasteiger charge is 2.16. The number of nitrogens with zero attached hydrogens (tertiary/aromatic N) is 2. The highest BCUT2D eigenvalue weighted by atomic mass is 16.5. The van der Waals surface area contributed by atoms with Gasteiger partial charge in [0.25, 0.3) is 0 Å². The van der Waals surface area contributed by atoms with Gasteiger partial charge in [0.15, 0.2) is 0 Å². The minimum Gasteiger partial charge on any atom is -0.389 e. The Bertz CT molecular complexity index is 230. The maximum atomic E-state index is 9.45. The van der Waals surface area contributed by atoms with E-state index in [1.165, 1.54) is 0 Å². The summed E-state index contributed by atoms with van der Waals surface area (Å²) in [7, 11) is 0. The van der Waals surface area contributed by atoms with Crippen LogP contribution in [0.1, 0.15) is 13.8 Å². The van der Waals surface area contributed by atoms with E-state index < -0.39 is 6.10 Å². The van der Waals surface area contributed by atoms with Gasteiger partial charge in [-0.1, -0.05) is 0 Å². The molecule has 1 aliphatic rings. The number of ether oxygens (including phenoxy) is 1. The van der Waals surface area contributed by atoms with Gasteiger partial charge in [0.2, 0.25) is 0 Å². The summed E-state index contributed by atoms with van der Waals surface area (Å²) >= 11 is 0. The van der Waals surface area contributed by atoms with Gasteiger partial charge in [0, 0.05) is 13.1 Å². The molecule has 0 aliphatic carbocycles. The molecule has 0 aromatic heterocycles. The summed E-state index contributed by atoms with van der Waals surface area (Å²) in [5, 5.41) is 9.45. The van der Waals surface area contributed by atoms with Gasteiger partial charge in [-0.25, -0.2) is 4.99 Å². The van der Waals surface area contributed by atoms with Crippen LogP contribution in [0.3, 0.4) is 0 Å². The van der Waals surface area contributed by atoms with Crippen molar-refractivity contribution in [1.82, 2.24) is 4.90 Å². The molecule has 14 heavy (non-hydrogen) atoms. The highest BCUT2D eigenvalue weighted by molar-refractivity contribution is 5.31. The number of aliphatic imine (C=N–C) groups is 1. The van der Waals surface area contributed by atoms with E-state index in [1.807, 2.05) is 6.92 Å². The topological polar surface area (TPSA) is 45.1 Å². The summed E-state index contributed by atoms with van der Waals surface area (Å²) in [5.74, 6) is 0.795. The zero-order valence-corrected chi connectivity index (χ0v) is 8.86. The van der Waals surface area contributed by atoms with Crippen molar-refractivity contribution < 1.29 is 9.84 Å². The van der Waals surface area contributed by atoms with Gasteiger partial charge >= 0.3 is 0 Å². The third kappa shape index (κ3) is 2.56. The molecular weight excluding hydrogens is 180 g/mol. The van der Waals surface area contributed by atoms with Crippen molar-refractivity contribution in [3.05, 3.63) is 11.4 Å². The molecule has 0 aromatic carbocycles. The molecule has 1 heterocycles. The van der Waals surface area contributed by atoms with Crippen molar-refractivity contribution in [2.75, 3.05) is 26.3 Å². The van der Waals surface area contributed by atoms with E-state index in [0.717, 1.165) is 24.5 Å². The lowest BCUT2D eigenvalue weighted by Crippen LogP contribution is -2.36. The Morgan fingerprint density at radius 1 is 1.50 bits per heavy atom. The van der Waals surface area contributed by atoms with Gasteiger partial charge in [-0.05, 0) is 26.1 Å². The molecule has 1 saturated heterocycles. The minimum atomic E-state index is -0.474. The van der Waals surface area contributed by atoms with Gasteiger partial charge in [0.1, 0.15) is 5.82 Å². The molecule has 80 valence electrons. The first-order chi connectivity index (χ1) is 6.66. The van der Waals surface area contributed by atoms with E-state index in [4.69, 9.17) is 4.74 Å². The Hall–Kier alpha value is -0.870. The number of hydrogen-bond acceptors (Lipinski definition) is 4. The van der Waals surface area contributed by atoms with Crippen molar-refractivity contribution in [1.29, 1.82) is 0 Å². The van der Waals surface area contributed by atoms with E-state index in [2.05, 4.69) is 16.6 Å². The largest absolute Gasteiger partial charge is 0.389 e. The molecule has 1 fully saturated rings. The molecule has 4 nitrogen and oxygen atoms in total. The molecule has 1 N–H and O–H groups in total. The van der Waals surface area contributed by atoms with Crippen LogP contribution in [-0.4, -0.2) is 49.1 Å². The molecule has 0 saturated carbocycles. The zero-order valence-electron chi connectivity index (χ0n) is 8.86. The standard InChI is InChI=1S/C10H18N2O2/c1-8(9(2)13)10(11-3)12-4-6-14-7-5-12/h9,13H,3-7H2,1-2H3/b10-8-/t9-/m1/s1. The average Bonchev–Trinajstić information content (AvgIpc) is 2.20. The van der Waals surface area contributed by atoms with Crippen LogP contribution < -0.4 is 0 Å². The predicted molar refractivity (Wildman–Crippen MR) is 56.3 cm³/mol. The van der Waals surface area contributed by atoms with Crippen LogP contribution >= 0.6 is 0 Å². The fraction of sp³-hybridized carbons (Fsp3) is 0.700. The number of rotatable bonds is 3. The monoisotopic (exact) mass is 198 g/mol. The van der Waals surface area contributed by atoms with Gasteiger partial charge in [-0.2, -0.15) is 0 Å². The SMILES string of the molecule is C=N/C(=C(\C)[C@@H](C)O)N1CCOCC1. The normalized spacial score (nSPS) is 21.5. The molecule has 1 rings (SSSR count). The molecule has 4 heteroatoms. The number of aliphatic hydroxyl groups is 1. The third-order valence-electron chi connectivity index (χ3n) is 2.44. The van der Waals surface area contributed by atoms with Crippen LogP contribution in [0.5, 0.6) is 0 Å². The van der Waals surface area contributed by atoms with Crippen molar-refractivity contribution in [3.63, 3.8) is 0 Å². The van der Waals surface area contributed by atoms with E-state index in [9.17, 15) is 5.11 Å². The van der Waals surface area contributed by atoms with Crippen molar-refractivity contribution in [2.24, 2.45) is 4.99 Å². The lowest BCUT2D eigenvalue weighted by atomic mass is 10.2. The van der Waals surface area contributed by atoms with Gasteiger partial charge < -0.3 is 14.7 Å². The fourth-order valence-corrected chi connectivity index (χ4v) is 1.44. The van der Waals surface area contributed by atoms with E-state index >= 15 is 0 Å². The Kier molecular flexibility index (Phi) is 4.10. The molecule has 0 unspecified atom stereocenters. The minimum absolute atomic E-state index is 0.474. The molecule has 1 atom stereocenters. The zero-order chi connectivity index (χ0) is 10.6. The lowest BCUT2D eigenvalue weighted by molar-refractivity contribution is 0.0517. The maximum absolute atomic E-state index is 9.45. The summed E-state index contributed by atoms with van der Waals surface area (Å²) in [6, 6.07) is 0. The Morgan fingerprint density at radius 3 is 2.50 bits per heavy atom. The summed E-state index contributed by atoms with van der Waals surface area (Å²) < 4.78 is 5.25. The van der Waals surface area contributed by atoms with Crippen LogP contribution in [0.15, 0.2) is 16.4 Å². The first kappa shape index (κ1) is 11.2. The first-order valence-electron chi connectivity index (χ1n) is 4.85. The summed E-state index contributed by atoms with van der Waals surface area (Å²) in [6.07, 6.45) is -0.474. The molecule has 0 aromatic rings. The van der Waals surface area contributed by atoms with Crippen LogP contribution in [0.2, 0.25) is 0 Å². The quantitative estimate of drug-likeness (QED) is 0.677. The van der Waals surface area contributed by atoms with Crippen LogP contribution in [-0.2, 0) is 4.74 Å². The summed E-state index contributed by atoms with van der Waals surface area (Å²) in [6.45, 7) is 10.2. The second-order valence-electron chi connectivity index (χ2n) is 3.44. The van der Waals surface area contributed by atoms with E-state index in [1.54, 1.807) is 6.92 Å². The molecule has 0 radical (unpaired) electrons. The lowest BCUT2D eigenvalue weighted by Gasteiger charge is -2.30. The number of morpholine rings is 1. The second-order valence-corrected chi connectivity index (χ2v) is 3.44. The highest BCUT2D eigenvalue weighted by Crippen LogP contribution is 2.15. The van der Waals surface area contributed by atoms with Gasteiger partial charge in [-0.15, -0.1) is 0 Å². The second kappa shape index (κ2) is 5.12. The Morgan fingerprint density at radius 2 is 2.07 bits per heavy atom. The third-order valence-corrected chi connectivity index (χ3v) is 2.44. The molecule has 0 spiro atoms. The fourth-order valence-electron chi connectivity index (χ4n) is 1.44. The number of hydrogen-bond donors (Lipinski definition) is 1. The van der Waals surface area contributed by atoms with Gasteiger partial charge in [0.05, 0.1) is 19.3 Å². The van der Waals surface area contributed by atoms with E-state index in [0.29, 0.717) is 13.2 Å². The van der Waals surface area contributed by atoms with Crippen LogP contribution in [0.4, 0.5) is 0 Å². The first-order valence-corrected chi connectivity index (χ1v) is 4.85. The molecule has 1 aliphatic heterocycles. The number of aliphatic hydroxyl groups excluding tert-OH is 1. The van der Waals surface area contributed by atoms with Gasteiger partial charge in [-0.3, -0.25) is 0 Å². The Balaban J connectivity index is 2.78. The van der Waals surface area contributed by atoms with E-state index in [-0.39, 0.29) is 0 Å². The van der Waals surface area contributed by atoms with Crippen LogP contribution in [0.25, 0.3) is 0 Å². The Labute approximate surface area is 84.9 Å². The summed E-state index contributed by atoms with van der Waals surface area (Å²) in [5.41, 5.74) is 0.863. The average molecular weight is 198 g/mol. The molecular formula is C10H18N2O2. The smallest absolute Gasteiger partial charge is 0.129 e. The predicted octanol–water partition coefficient (Wildman–Crippen LogP) is 0.631.